The number of hydrogen-bond donors (Lipinski definition) is 1. The quantitative estimate of drug-likeness (QED) is 0.764. The lowest BCUT2D eigenvalue weighted by molar-refractivity contribution is 0.0995. The Morgan fingerprint density at radius 2 is 2.25 bits per heavy atom. The number of methoxy groups -OCH3 is 1. The highest BCUT2D eigenvalue weighted by atomic mass is 16.5. The summed E-state index contributed by atoms with van der Waals surface area (Å²) in [5, 5.41) is 0. The first-order valence-electron chi connectivity index (χ1n) is 4.90. The van der Waals surface area contributed by atoms with Gasteiger partial charge in [-0.2, -0.15) is 0 Å². The van der Waals surface area contributed by atoms with E-state index in [2.05, 4.69) is 9.97 Å². The fourth-order valence-corrected chi connectivity index (χ4v) is 1.20. The molecule has 0 fully saturated rings. The highest BCUT2D eigenvalue weighted by molar-refractivity contribution is 5.90. The first-order chi connectivity index (χ1) is 7.54. The second-order valence-electron chi connectivity index (χ2n) is 3.55. The van der Waals surface area contributed by atoms with Crippen LogP contribution in [0.1, 0.15) is 17.4 Å². The minimum Gasteiger partial charge on any atom is -0.380 e. The smallest absolute Gasteiger partial charge is 0.268 e. The summed E-state index contributed by atoms with van der Waals surface area (Å²) in [7, 11) is 3.53. The number of nitrogens with two attached hydrogens (primary N) is 1. The van der Waals surface area contributed by atoms with Gasteiger partial charge < -0.3 is 15.4 Å². The van der Waals surface area contributed by atoms with Crippen molar-refractivity contribution in [3.63, 3.8) is 0 Å². The van der Waals surface area contributed by atoms with Gasteiger partial charge in [-0.1, -0.05) is 0 Å². The van der Waals surface area contributed by atoms with Gasteiger partial charge in [-0.05, 0) is 6.92 Å². The van der Waals surface area contributed by atoms with Crippen LogP contribution >= 0.6 is 0 Å². The maximum Gasteiger partial charge on any atom is 0.268 e. The van der Waals surface area contributed by atoms with Gasteiger partial charge in [0.05, 0.1) is 18.5 Å². The SMILES string of the molecule is CO[C@@H](C)CN(C)c1cnc(C(N)=O)cn1. The van der Waals surface area contributed by atoms with Gasteiger partial charge in [-0.3, -0.25) is 4.79 Å². The van der Waals surface area contributed by atoms with Crippen molar-refractivity contribution in [3.05, 3.63) is 18.1 Å². The largest absolute Gasteiger partial charge is 0.380 e. The van der Waals surface area contributed by atoms with Gasteiger partial charge in [0.25, 0.3) is 5.91 Å². The topological polar surface area (TPSA) is 81.3 Å². The van der Waals surface area contributed by atoms with Crippen molar-refractivity contribution >= 4 is 11.7 Å². The fraction of sp³-hybridized carbons (Fsp3) is 0.500. The van der Waals surface area contributed by atoms with E-state index in [1.54, 1.807) is 7.11 Å². The number of nitrogens with zero attached hydrogens (tertiary/aromatic N) is 3. The molecule has 0 saturated heterocycles. The molecular weight excluding hydrogens is 208 g/mol. The zero-order valence-electron chi connectivity index (χ0n) is 9.67. The molecule has 88 valence electrons. The average Bonchev–Trinajstić information content (AvgIpc) is 2.28. The lowest BCUT2D eigenvalue weighted by atomic mass is 10.3. The molecule has 0 aliphatic carbocycles. The number of hydrogen-bond acceptors (Lipinski definition) is 5. The number of amides is 1. The first-order valence-corrected chi connectivity index (χ1v) is 4.90. The van der Waals surface area contributed by atoms with Crippen molar-refractivity contribution in [2.75, 3.05) is 25.6 Å². The molecule has 0 radical (unpaired) electrons. The number of primary amides is 1. The molecule has 1 aromatic heterocycles. The van der Waals surface area contributed by atoms with E-state index in [1.807, 2.05) is 18.9 Å². The van der Waals surface area contributed by atoms with Gasteiger partial charge >= 0.3 is 0 Å². The molecule has 0 saturated carbocycles. The van der Waals surface area contributed by atoms with Gasteiger partial charge in [0.2, 0.25) is 0 Å². The van der Waals surface area contributed by atoms with E-state index in [-0.39, 0.29) is 11.8 Å². The second kappa shape index (κ2) is 5.41. The Bertz CT molecular complexity index is 352. The minimum atomic E-state index is -0.577. The predicted octanol–water partition coefficient (Wildman–Crippen LogP) is 0.0466. The third-order valence-corrected chi connectivity index (χ3v) is 2.22. The molecule has 1 atom stereocenters. The van der Waals surface area contributed by atoms with Crippen LogP contribution in [-0.2, 0) is 4.74 Å². The van der Waals surface area contributed by atoms with E-state index in [0.717, 1.165) is 0 Å². The molecule has 16 heavy (non-hydrogen) atoms. The molecule has 0 spiro atoms. The molecule has 0 bridgehead atoms. The third-order valence-electron chi connectivity index (χ3n) is 2.22. The van der Waals surface area contributed by atoms with Crippen LogP contribution in [0.4, 0.5) is 5.82 Å². The van der Waals surface area contributed by atoms with Crippen LogP contribution in [-0.4, -0.2) is 42.7 Å². The average molecular weight is 224 g/mol. The van der Waals surface area contributed by atoms with E-state index >= 15 is 0 Å². The zero-order valence-corrected chi connectivity index (χ0v) is 9.67. The normalized spacial score (nSPS) is 12.2. The van der Waals surface area contributed by atoms with Gasteiger partial charge in [0, 0.05) is 20.7 Å². The van der Waals surface area contributed by atoms with Crippen LogP contribution in [0.5, 0.6) is 0 Å². The summed E-state index contributed by atoms with van der Waals surface area (Å²) in [6.07, 6.45) is 2.98. The Kier molecular flexibility index (Phi) is 4.19. The van der Waals surface area contributed by atoms with Crippen molar-refractivity contribution < 1.29 is 9.53 Å². The number of rotatable bonds is 5. The van der Waals surface area contributed by atoms with E-state index in [9.17, 15) is 4.79 Å². The molecule has 2 N–H and O–H groups in total. The second-order valence-corrected chi connectivity index (χ2v) is 3.55. The van der Waals surface area contributed by atoms with Crippen LogP contribution in [0.3, 0.4) is 0 Å². The van der Waals surface area contributed by atoms with E-state index in [1.165, 1.54) is 12.4 Å². The van der Waals surface area contributed by atoms with Crippen molar-refractivity contribution in [3.8, 4) is 0 Å². The maximum absolute atomic E-state index is 10.8. The molecule has 0 unspecified atom stereocenters. The van der Waals surface area contributed by atoms with E-state index in [4.69, 9.17) is 10.5 Å². The minimum absolute atomic E-state index is 0.0996. The summed E-state index contributed by atoms with van der Waals surface area (Å²) in [6, 6.07) is 0. The Balaban J connectivity index is 2.70. The molecule has 6 nitrogen and oxygen atoms in total. The summed E-state index contributed by atoms with van der Waals surface area (Å²) < 4.78 is 5.14. The van der Waals surface area contributed by atoms with Crippen LogP contribution in [0, 0.1) is 0 Å². The summed E-state index contributed by atoms with van der Waals surface area (Å²) in [4.78, 5) is 20.7. The maximum atomic E-state index is 10.8. The zero-order chi connectivity index (χ0) is 12.1. The predicted molar refractivity (Wildman–Crippen MR) is 60.3 cm³/mol. The number of anilines is 1. The number of aromatic nitrogens is 2. The molecule has 1 heterocycles. The number of ether oxygens (including phenoxy) is 1. The Morgan fingerprint density at radius 1 is 1.56 bits per heavy atom. The van der Waals surface area contributed by atoms with Gasteiger partial charge in [0.15, 0.2) is 0 Å². The lowest BCUT2D eigenvalue weighted by Crippen LogP contribution is -2.29. The molecular formula is C10H16N4O2. The van der Waals surface area contributed by atoms with Crippen molar-refractivity contribution in [1.29, 1.82) is 0 Å². The molecule has 0 aromatic carbocycles. The fourth-order valence-electron chi connectivity index (χ4n) is 1.20. The summed E-state index contributed by atoms with van der Waals surface area (Å²) in [5.41, 5.74) is 5.23. The first kappa shape index (κ1) is 12.4. The molecule has 1 aromatic rings. The van der Waals surface area contributed by atoms with Crippen molar-refractivity contribution in [2.24, 2.45) is 5.73 Å². The highest BCUT2D eigenvalue weighted by Gasteiger charge is 2.09. The number of carbonyl (C=O) groups is 1. The molecule has 6 heteroatoms. The highest BCUT2D eigenvalue weighted by Crippen LogP contribution is 2.07. The summed E-state index contributed by atoms with van der Waals surface area (Å²) in [6.45, 7) is 2.66. The van der Waals surface area contributed by atoms with Crippen molar-refractivity contribution in [2.45, 2.75) is 13.0 Å². The Hall–Kier alpha value is -1.69. The lowest BCUT2D eigenvalue weighted by Gasteiger charge is -2.21. The van der Waals surface area contributed by atoms with E-state index < -0.39 is 5.91 Å². The third kappa shape index (κ3) is 3.16. The molecule has 1 amide bonds. The van der Waals surface area contributed by atoms with Crippen LogP contribution in [0.2, 0.25) is 0 Å². The van der Waals surface area contributed by atoms with Crippen LogP contribution < -0.4 is 10.6 Å². The number of carbonyl (C=O) groups excluding carboxylic acids is 1. The Morgan fingerprint density at radius 3 is 2.69 bits per heavy atom. The summed E-state index contributed by atoms with van der Waals surface area (Å²) >= 11 is 0. The monoisotopic (exact) mass is 224 g/mol. The standard InChI is InChI=1S/C10H16N4O2/c1-7(16-3)6-14(2)9-5-12-8(4-13-9)10(11)15/h4-5,7H,6H2,1-3H3,(H2,11,15)/t7-/m0/s1. The molecule has 0 aliphatic heterocycles. The van der Waals surface area contributed by atoms with E-state index in [0.29, 0.717) is 12.4 Å². The number of likely N-dealkylation sites (N-methyl/N-ethyl adjacent to an activating group) is 1. The summed E-state index contributed by atoms with van der Waals surface area (Å²) in [5.74, 6) is 0.0980. The van der Waals surface area contributed by atoms with Gasteiger partial charge in [0.1, 0.15) is 11.5 Å². The Labute approximate surface area is 94.4 Å². The van der Waals surface area contributed by atoms with Gasteiger partial charge in [-0.15, -0.1) is 0 Å². The molecule has 1 rings (SSSR count). The molecule has 0 aliphatic rings. The van der Waals surface area contributed by atoms with Crippen molar-refractivity contribution in [1.82, 2.24) is 9.97 Å². The van der Waals surface area contributed by atoms with Crippen LogP contribution in [0.15, 0.2) is 12.4 Å². The van der Waals surface area contributed by atoms with Crippen LogP contribution in [0.25, 0.3) is 0 Å². The van der Waals surface area contributed by atoms with Gasteiger partial charge in [-0.25, -0.2) is 9.97 Å².